The van der Waals surface area contributed by atoms with Crippen LogP contribution in [0.25, 0.3) is 0 Å². The number of hydrogen-bond donors (Lipinski definition) is 2. The molecule has 1 aliphatic rings. The van der Waals surface area contributed by atoms with Crippen LogP contribution in [0.4, 0.5) is 0 Å². The molecule has 0 aromatic carbocycles. The van der Waals surface area contributed by atoms with E-state index < -0.39 is 0 Å². The molecule has 60 valence electrons. The zero-order valence-corrected chi connectivity index (χ0v) is 6.67. The Hall–Kier alpha value is -0.850. The summed E-state index contributed by atoms with van der Waals surface area (Å²) < 4.78 is 0. The molecule has 0 spiro atoms. The summed E-state index contributed by atoms with van der Waals surface area (Å²) in [7, 11) is 0. The van der Waals surface area contributed by atoms with E-state index in [1.54, 1.807) is 0 Å². The zero-order valence-electron chi connectivity index (χ0n) is 6.67. The van der Waals surface area contributed by atoms with Gasteiger partial charge < -0.3 is 5.73 Å². The Morgan fingerprint density at radius 3 is 3.09 bits per heavy atom. The molecule has 0 heterocycles. The molecule has 1 rings (SSSR count). The fourth-order valence-corrected chi connectivity index (χ4v) is 1.19. The molecular weight excluding hydrogens is 138 g/mol. The molecule has 0 saturated carbocycles. The third-order valence-corrected chi connectivity index (χ3v) is 2.02. The number of nitrogens with one attached hydrogen (secondary N) is 1. The monoisotopic (exact) mass is 151 g/mol. The SMILES string of the molecule is C[C@H](NCN)C1=CC(C#N)C1. The van der Waals surface area contributed by atoms with Gasteiger partial charge in [0.15, 0.2) is 0 Å². The smallest absolute Gasteiger partial charge is 0.0700 e. The fourth-order valence-electron chi connectivity index (χ4n) is 1.19. The Balaban J connectivity index is 2.36. The van der Waals surface area contributed by atoms with E-state index in [1.165, 1.54) is 5.57 Å². The van der Waals surface area contributed by atoms with E-state index in [0.717, 1.165) is 6.42 Å². The van der Waals surface area contributed by atoms with E-state index in [9.17, 15) is 0 Å². The van der Waals surface area contributed by atoms with Crippen LogP contribution in [0.15, 0.2) is 11.6 Å². The molecule has 1 aliphatic carbocycles. The summed E-state index contributed by atoms with van der Waals surface area (Å²) in [6.07, 6.45) is 2.91. The van der Waals surface area contributed by atoms with Crippen molar-refractivity contribution in [2.75, 3.05) is 6.67 Å². The number of hydrogen-bond acceptors (Lipinski definition) is 3. The van der Waals surface area contributed by atoms with Crippen LogP contribution in [-0.4, -0.2) is 12.7 Å². The first-order valence-corrected chi connectivity index (χ1v) is 3.81. The Morgan fingerprint density at radius 1 is 2.00 bits per heavy atom. The van der Waals surface area contributed by atoms with Gasteiger partial charge in [-0.05, 0) is 13.3 Å². The van der Waals surface area contributed by atoms with Crippen molar-refractivity contribution in [1.29, 1.82) is 5.26 Å². The lowest BCUT2D eigenvalue weighted by Gasteiger charge is -2.25. The summed E-state index contributed by atoms with van der Waals surface area (Å²) in [6.45, 7) is 2.56. The Kier molecular flexibility index (Phi) is 2.64. The van der Waals surface area contributed by atoms with Crippen LogP contribution in [0.1, 0.15) is 13.3 Å². The Bertz CT molecular complexity index is 202. The van der Waals surface area contributed by atoms with Gasteiger partial charge in [-0.15, -0.1) is 0 Å². The molecule has 2 atom stereocenters. The largest absolute Gasteiger partial charge is 0.318 e. The summed E-state index contributed by atoms with van der Waals surface area (Å²) in [5.41, 5.74) is 6.62. The second-order valence-electron chi connectivity index (χ2n) is 2.81. The summed E-state index contributed by atoms with van der Waals surface area (Å²) in [5.74, 6) is 0.145. The van der Waals surface area contributed by atoms with Gasteiger partial charge in [-0.2, -0.15) is 5.26 Å². The molecule has 11 heavy (non-hydrogen) atoms. The number of allylic oxidation sites excluding steroid dienone is 1. The molecule has 0 bridgehead atoms. The highest BCUT2D eigenvalue weighted by Crippen LogP contribution is 2.27. The first-order chi connectivity index (χ1) is 5.27. The molecule has 3 nitrogen and oxygen atoms in total. The van der Waals surface area contributed by atoms with Crippen LogP contribution in [0, 0.1) is 17.2 Å². The van der Waals surface area contributed by atoms with Crippen LogP contribution >= 0.6 is 0 Å². The van der Waals surface area contributed by atoms with Crippen molar-refractivity contribution in [3.63, 3.8) is 0 Å². The van der Waals surface area contributed by atoms with Gasteiger partial charge >= 0.3 is 0 Å². The molecule has 3 N–H and O–H groups in total. The summed E-state index contributed by atoms with van der Waals surface area (Å²) >= 11 is 0. The molecule has 0 amide bonds. The van der Waals surface area contributed by atoms with E-state index in [0.29, 0.717) is 12.7 Å². The molecule has 0 radical (unpaired) electrons. The van der Waals surface area contributed by atoms with Crippen LogP contribution in [0.5, 0.6) is 0 Å². The zero-order chi connectivity index (χ0) is 8.27. The van der Waals surface area contributed by atoms with E-state index in [4.69, 9.17) is 11.0 Å². The van der Waals surface area contributed by atoms with Gasteiger partial charge in [0.25, 0.3) is 0 Å². The van der Waals surface area contributed by atoms with E-state index >= 15 is 0 Å². The number of rotatable bonds is 3. The number of nitrogens with two attached hydrogens (primary N) is 1. The summed E-state index contributed by atoms with van der Waals surface area (Å²) in [4.78, 5) is 0. The van der Waals surface area contributed by atoms with Gasteiger partial charge in [-0.1, -0.05) is 11.6 Å². The third-order valence-electron chi connectivity index (χ3n) is 2.02. The van der Waals surface area contributed by atoms with Crippen LogP contribution in [-0.2, 0) is 0 Å². The number of nitriles is 1. The predicted octanol–water partition coefficient (Wildman–Crippen LogP) is 0.351. The highest BCUT2D eigenvalue weighted by molar-refractivity contribution is 5.26. The lowest BCUT2D eigenvalue weighted by Crippen LogP contribution is -2.35. The van der Waals surface area contributed by atoms with Crippen molar-refractivity contribution in [3.8, 4) is 6.07 Å². The predicted molar refractivity (Wildman–Crippen MR) is 43.5 cm³/mol. The minimum Gasteiger partial charge on any atom is -0.318 e. The van der Waals surface area contributed by atoms with Gasteiger partial charge in [0.1, 0.15) is 0 Å². The van der Waals surface area contributed by atoms with Crippen LogP contribution in [0.3, 0.4) is 0 Å². The van der Waals surface area contributed by atoms with Crippen molar-refractivity contribution in [3.05, 3.63) is 11.6 Å². The van der Waals surface area contributed by atoms with E-state index in [2.05, 4.69) is 18.3 Å². The highest BCUT2D eigenvalue weighted by Gasteiger charge is 2.21. The second kappa shape index (κ2) is 3.51. The van der Waals surface area contributed by atoms with Gasteiger partial charge in [-0.3, -0.25) is 5.32 Å². The van der Waals surface area contributed by atoms with Gasteiger partial charge in [0.2, 0.25) is 0 Å². The normalized spacial score (nSPS) is 24.8. The van der Waals surface area contributed by atoms with Crippen molar-refractivity contribution >= 4 is 0 Å². The maximum atomic E-state index is 8.48. The lowest BCUT2D eigenvalue weighted by molar-refractivity contribution is 0.551. The maximum absolute atomic E-state index is 8.48. The molecule has 1 unspecified atom stereocenters. The Morgan fingerprint density at radius 2 is 2.64 bits per heavy atom. The molecule has 0 saturated heterocycles. The Labute approximate surface area is 66.9 Å². The molecule has 3 heteroatoms. The molecule has 0 aromatic rings. The summed E-state index contributed by atoms with van der Waals surface area (Å²) in [5, 5.41) is 11.6. The highest BCUT2D eigenvalue weighted by atomic mass is 15.0. The maximum Gasteiger partial charge on any atom is 0.0700 e. The first-order valence-electron chi connectivity index (χ1n) is 3.81. The minimum absolute atomic E-state index is 0.145. The third kappa shape index (κ3) is 1.79. The van der Waals surface area contributed by atoms with Crippen molar-refractivity contribution in [1.82, 2.24) is 5.32 Å². The first kappa shape index (κ1) is 8.25. The molecule has 0 aromatic heterocycles. The lowest BCUT2D eigenvalue weighted by atomic mass is 9.84. The number of nitrogens with zero attached hydrogens (tertiary/aromatic N) is 1. The summed E-state index contributed by atoms with van der Waals surface area (Å²) in [6, 6.07) is 2.53. The molecular formula is C8H13N3. The van der Waals surface area contributed by atoms with E-state index in [1.807, 2.05) is 6.08 Å². The standard InChI is InChI=1S/C8H13N3/c1-6(11-5-10)8-2-7(3-8)4-9/h2,6-7,11H,3,5,10H2,1H3/t6-,7?/m0/s1. The van der Waals surface area contributed by atoms with Crippen LogP contribution < -0.4 is 11.1 Å². The average Bonchev–Trinajstić information content (AvgIpc) is 1.86. The second-order valence-corrected chi connectivity index (χ2v) is 2.81. The van der Waals surface area contributed by atoms with E-state index in [-0.39, 0.29) is 5.92 Å². The molecule has 0 fully saturated rings. The van der Waals surface area contributed by atoms with Crippen molar-refractivity contribution in [2.45, 2.75) is 19.4 Å². The van der Waals surface area contributed by atoms with Crippen molar-refractivity contribution in [2.24, 2.45) is 11.7 Å². The van der Waals surface area contributed by atoms with Gasteiger partial charge in [0.05, 0.1) is 12.0 Å². The molecule has 0 aliphatic heterocycles. The van der Waals surface area contributed by atoms with Crippen molar-refractivity contribution < 1.29 is 0 Å². The quantitative estimate of drug-likeness (QED) is 0.452. The topological polar surface area (TPSA) is 61.8 Å². The minimum atomic E-state index is 0.145. The fraction of sp³-hybridized carbons (Fsp3) is 0.625. The van der Waals surface area contributed by atoms with Gasteiger partial charge in [-0.25, -0.2) is 0 Å². The van der Waals surface area contributed by atoms with Crippen LogP contribution in [0.2, 0.25) is 0 Å². The average molecular weight is 151 g/mol. The van der Waals surface area contributed by atoms with Gasteiger partial charge in [0, 0.05) is 12.7 Å².